The number of fused-ring (bicyclic) bond motifs is 1. The Hall–Kier alpha value is -1.16. The molecular formula is C12H16N2OS. The summed E-state index contributed by atoms with van der Waals surface area (Å²) in [5.74, 6) is 0.340. The lowest BCUT2D eigenvalue weighted by molar-refractivity contribution is 0.111. The SMILES string of the molecule is CCC(C)c1nc2sc(C)c(C)n2c1C=O. The molecule has 0 bridgehead atoms. The topological polar surface area (TPSA) is 34.4 Å². The minimum Gasteiger partial charge on any atom is -0.296 e. The van der Waals surface area contributed by atoms with Crippen molar-refractivity contribution in [2.75, 3.05) is 0 Å². The number of carbonyl (C=O) groups excluding carboxylic acids is 1. The van der Waals surface area contributed by atoms with E-state index in [1.54, 1.807) is 11.3 Å². The van der Waals surface area contributed by atoms with Crippen molar-refractivity contribution >= 4 is 22.6 Å². The van der Waals surface area contributed by atoms with Crippen LogP contribution in [0.3, 0.4) is 0 Å². The van der Waals surface area contributed by atoms with Gasteiger partial charge in [-0.1, -0.05) is 13.8 Å². The van der Waals surface area contributed by atoms with Crippen LogP contribution in [0, 0.1) is 13.8 Å². The van der Waals surface area contributed by atoms with Gasteiger partial charge < -0.3 is 0 Å². The van der Waals surface area contributed by atoms with Gasteiger partial charge in [-0.25, -0.2) is 4.98 Å². The van der Waals surface area contributed by atoms with Gasteiger partial charge in [0.05, 0.1) is 5.69 Å². The smallest absolute Gasteiger partial charge is 0.194 e. The van der Waals surface area contributed by atoms with Crippen LogP contribution in [0.15, 0.2) is 0 Å². The first-order chi connectivity index (χ1) is 7.60. The summed E-state index contributed by atoms with van der Waals surface area (Å²) in [5.41, 5.74) is 2.79. The van der Waals surface area contributed by atoms with E-state index in [-0.39, 0.29) is 0 Å². The first-order valence-corrected chi connectivity index (χ1v) is 6.35. The molecular weight excluding hydrogens is 220 g/mol. The van der Waals surface area contributed by atoms with Gasteiger partial charge >= 0.3 is 0 Å². The van der Waals surface area contributed by atoms with E-state index in [9.17, 15) is 4.79 Å². The predicted molar refractivity (Wildman–Crippen MR) is 66.6 cm³/mol. The summed E-state index contributed by atoms with van der Waals surface area (Å²) in [7, 11) is 0. The molecule has 0 amide bonds. The first-order valence-electron chi connectivity index (χ1n) is 5.53. The summed E-state index contributed by atoms with van der Waals surface area (Å²) in [5, 5.41) is 0. The molecule has 0 radical (unpaired) electrons. The molecule has 16 heavy (non-hydrogen) atoms. The van der Waals surface area contributed by atoms with Crippen LogP contribution < -0.4 is 0 Å². The Morgan fingerprint density at radius 1 is 1.50 bits per heavy atom. The maximum Gasteiger partial charge on any atom is 0.194 e. The summed E-state index contributed by atoms with van der Waals surface area (Å²) >= 11 is 1.65. The zero-order valence-corrected chi connectivity index (χ0v) is 10.9. The van der Waals surface area contributed by atoms with E-state index in [1.165, 1.54) is 4.88 Å². The van der Waals surface area contributed by atoms with E-state index in [0.717, 1.165) is 34.7 Å². The number of nitrogens with zero attached hydrogens (tertiary/aromatic N) is 2. The Kier molecular flexibility index (Phi) is 2.84. The van der Waals surface area contributed by atoms with Crippen LogP contribution in [0.5, 0.6) is 0 Å². The van der Waals surface area contributed by atoms with Crippen LogP contribution in [-0.4, -0.2) is 15.7 Å². The maximum absolute atomic E-state index is 11.2. The Bertz CT molecular complexity index is 539. The molecule has 0 aliphatic carbocycles. The molecule has 0 saturated carbocycles. The molecule has 2 aromatic rings. The molecule has 0 fully saturated rings. The standard InChI is InChI=1S/C12H16N2OS/c1-5-7(2)11-10(6-15)14-8(3)9(4)16-12(14)13-11/h6-7H,5H2,1-4H3. The third-order valence-electron chi connectivity index (χ3n) is 3.19. The normalized spacial score (nSPS) is 13.2. The van der Waals surface area contributed by atoms with Crippen molar-refractivity contribution in [1.82, 2.24) is 9.38 Å². The summed E-state index contributed by atoms with van der Waals surface area (Å²) in [4.78, 5) is 18.0. The number of aryl methyl sites for hydroxylation is 2. The second kappa shape index (κ2) is 4.01. The summed E-state index contributed by atoms with van der Waals surface area (Å²) in [6.07, 6.45) is 1.93. The molecule has 0 N–H and O–H groups in total. The molecule has 4 heteroatoms. The quantitative estimate of drug-likeness (QED) is 0.766. The lowest BCUT2D eigenvalue weighted by Crippen LogP contribution is -2.00. The largest absolute Gasteiger partial charge is 0.296 e. The van der Waals surface area contributed by atoms with Gasteiger partial charge in [-0.2, -0.15) is 0 Å². The Balaban J connectivity index is 2.74. The molecule has 86 valence electrons. The monoisotopic (exact) mass is 236 g/mol. The number of hydrogen-bond donors (Lipinski definition) is 0. The lowest BCUT2D eigenvalue weighted by atomic mass is 10.0. The van der Waals surface area contributed by atoms with Gasteiger partial charge in [0.25, 0.3) is 0 Å². The van der Waals surface area contributed by atoms with Gasteiger partial charge in [0.1, 0.15) is 5.69 Å². The molecule has 0 aliphatic rings. The van der Waals surface area contributed by atoms with Crippen LogP contribution in [0.25, 0.3) is 4.96 Å². The number of aromatic nitrogens is 2. The van der Waals surface area contributed by atoms with Crippen molar-refractivity contribution in [3.8, 4) is 0 Å². The van der Waals surface area contributed by atoms with Crippen LogP contribution in [0.4, 0.5) is 0 Å². The van der Waals surface area contributed by atoms with Crippen molar-refractivity contribution in [1.29, 1.82) is 0 Å². The molecule has 0 spiro atoms. The summed E-state index contributed by atoms with van der Waals surface area (Å²) in [6.45, 7) is 8.33. The van der Waals surface area contributed by atoms with Gasteiger partial charge in [-0.3, -0.25) is 9.20 Å². The predicted octanol–water partition coefficient (Wildman–Crippen LogP) is 3.34. The number of carbonyl (C=O) groups is 1. The highest BCUT2D eigenvalue weighted by atomic mass is 32.1. The fraction of sp³-hybridized carbons (Fsp3) is 0.500. The van der Waals surface area contributed by atoms with Gasteiger partial charge in [-0.05, 0) is 20.3 Å². The molecule has 0 aliphatic heterocycles. The average Bonchev–Trinajstić information content (AvgIpc) is 2.76. The van der Waals surface area contributed by atoms with Crippen LogP contribution in [-0.2, 0) is 0 Å². The van der Waals surface area contributed by atoms with Crippen molar-refractivity contribution < 1.29 is 4.79 Å². The minimum absolute atomic E-state index is 0.340. The van der Waals surface area contributed by atoms with Crippen LogP contribution >= 0.6 is 11.3 Å². The van der Waals surface area contributed by atoms with Gasteiger partial charge in [0.2, 0.25) is 0 Å². The fourth-order valence-electron chi connectivity index (χ4n) is 1.86. The molecule has 0 saturated heterocycles. The second-order valence-corrected chi connectivity index (χ2v) is 5.35. The van der Waals surface area contributed by atoms with Crippen molar-refractivity contribution in [2.24, 2.45) is 0 Å². The van der Waals surface area contributed by atoms with Crippen molar-refractivity contribution in [2.45, 2.75) is 40.0 Å². The molecule has 0 aromatic carbocycles. The fourth-order valence-corrected chi connectivity index (χ4v) is 2.84. The summed E-state index contributed by atoms with van der Waals surface area (Å²) < 4.78 is 1.98. The zero-order chi connectivity index (χ0) is 11.9. The Labute approximate surface area is 99.1 Å². The van der Waals surface area contributed by atoms with Gasteiger partial charge in [-0.15, -0.1) is 11.3 Å². The van der Waals surface area contributed by atoms with Crippen molar-refractivity contribution in [3.05, 3.63) is 22.0 Å². The van der Waals surface area contributed by atoms with Crippen molar-refractivity contribution in [3.63, 3.8) is 0 Å². The van der Waals surface area contributed by atoms with E-state index < -0.39 is 0 Å². The highest BCUT2D eigenvalue weighted by Gasteiger charge is 2.19. The third-order valence-corrected chi connectivity index (χ3v) is 4.25. The third kappa shape index (κ3) is 1.48. The second-order valence-electron chi connectivity index (χ2n) is 4.17. The van der Waals surface area contributed by atoms with Crippen LogP contribution in [0.2, 0.25) is 0 Å². The summed E-state index contributed by atoms with van der Waals surface area (Å²) in [6, 6.07) is 0. The van der Waals surface area contributed by atoms with E-state index in [2.05, 4.69) is 25.8 Å². The number of thiazole rings is 1. The molecule has 1 unspecified atom stereocenters. The lowest BCUT2D eigenvalue weighted by Gasteiger charge is -2.05. The highest BCUT2D eigenvalue weighted by Crippen LogP contribution is 2.28. The van der Waals surface area contributed by atoms with E-state index in [0.29, 0.717) is 5.92 Å². The molecule has 2 rings (SSSR count). The minimum atomic E-state index is 0.340. The average molecular weight is 236 g/mol. The van der Waals surface area contributed by atoms with Gasteiger partial charge in [0, 0.05) is 16.5 Å². The number of imidazole rings is 1. The molecule has 1 atom stereocenters. The van der Waals surface area contributed by atoms with E-state index >= 15 is 0 Å². The van der Waals surface area contributed by atoms with Crippen LogP contribution in [0.1, 0.15) is 52.9 Å². The Morgan fingerprint density at radius 3 is 2.75 bits per heavy atom. The first kappa shape index (κ1) is 11.3. The highest BCUT2D eigenvalue weighted by molar-refractivity contribution is 7.17. The van der Waals surface area contributed by atoms with E-state index in [4.69, 9.17) is 0 Å². The zero-order valence-electron chi connectivity index (χ0n) is 10.1. The maximum atomic E-state index is 11.2. The number of rotatable bonds is 3. The van der Waals surface area contributed by atoms with Gasteiger partial charge in [0.15, 0.2) is 11.2 Å². The number of aldehydes is 1. The van der Waals surface area contributed by atoms with E-state index in [1.807, 2.05) is 11.3 Å². The number of hydrogen-bond acceptors (Lipinski definition) is 3. The molecule has 3 nitrogen and oxygen atoms in total. The molecule has 2 heterocycles. The molecule has 2 aromatic heterocycles. The Morgan fingerprint density at radius 2 is 2.19 bits per heavy atom.